The van der Waals surface area contributed by atoms with Crippen molar-refractivity contribution in [3.8, 4) is 0 Å². The number of esters is 1. The summed E-state index contributed by atoms with van der Waals surface area (Å²) in [5, 5.41) is 0. The lowest BCUT2D eigenvalue weighted by Crippen LogP contribution is -2.06. The van der Waals surface area contributed by atoms with Gasteiger partial charge in [0.05, 0.1) is 7.11 Å². The van der Waals surface area contributed by atoms with E-state index in [4.69, 9.17) is 0 Å². The summed E-state index contributed by atoms with van der Waals surface area (Å²) in [6.07, 6.45) is 3.03. The molecule has 0 fully saturated rings. The van der Waals surface area contributed by atoms with E-state index in [1.165, 1.54) is 31.6 Å². The highest BCUT2D eigenvalue weighted by Gasteiger charge is 2.10. The number of fused-ring (bicyclic) bond motifs is 1. The van der Waals surface area contributed by atoms with Gasteiger partial charge in [0.1, 0.15) is 11.3 Å². The smallest absolute Gasteiger partial charge is 0.356 e. The Labute approximate surface area is 78.9 Å². The van der Waals surface area contributed by atoms with Crippen LogP contribution in [0.2, 0.25) is 0 Å². The monoisotopic (exact) mass is 192 g/mol. The van der Waals surface area contributed by atoms with Crippen LogP contribution in [-0.4, -0.2) is 22.5 Å². The van der Waals surface area contributed by atoms with Crippen LogP contribution in [0, 0.1) is 0 Å². The molecule has 2 aromatic heterocycles. The van der Waals surface area contributed by atoms with E-state index < -0.39 is 5.97 Å². The minimum absolute atomic E-state index is 0.108. The van der Waals surface area contributed by atoms with E-state index in [-0.39, 0.29) is 5.43 Å². The number of ether oxygens (including phenoxy) is 1. The van der Waals surface area contributed by atoms with Crippen LogP contribution in [0.4, 0.5) is 0 Å². The molecule has 0 saturated heterocycles. The highest BCUT2D eigenvalue weighted by molar-refractivity contribution is 5.88. The summed E-state index contributed by atoms with van der Waals surface area (Å²) in [6.45, 7) is 0. The largest absolute Gasteiger partial charge is 0.464 e. The first-order valence-corrected chi connectivity index (χ1v) is 4.00. The van der Waals surface area contributed by atoms with Crippen LogP contribution in [0.3, 0.4) is 0 Å². The van der Waals surface area contributed by atoms with Crippen molar-refractivity contribution in [1.82, 2.24) is 9.38 Å². The number of hydrogen-bond acceptors (Lipinski definition) is 3. The number of carbonyl (C=O) groups is 1. The lowest BCUT2D eigenvalue weighted by Gasteiger charge is -1.97. The SMILES string of the molecule is COC(=O)c1c[nH]c2cc(=O)ccn12. The van der Waals surface area contributed by atoms with Crippen molar-refractivity contribution in [2.75, 3.05) is 7.11 Å². The fourth-order valence-electron chi connectivity index (χ4n) is 1.28. The number of H-pyrrole nitrogens is 1. The van der Waals surface area contributed by atoms with Crippen LogP contribution in [0.15, 0.2) is 29.3 Å². The maximum absolute atomic E-state index is 11.2. The average Bonchev–Trinajstić information content (AvgIpc) is 2.59. The Morgan fingerprint density at radius 3 is 3.07 bits per heavy atom. The van der Waals surface area contributed by atoms with Gasteiger partial charge in [0.15, 0.2) is 5.43 Å². The Hall–Kier alpha value is -2.04. The number of methoxy groups -OCH3 is 1. The maximum atomic E-state index is 11.2. The zero-order valence-electron chi connectivity index (χ0n) is 7.48. The number of aromatic nitrogens is 2. The van der Waals surface area contributed by atoms with Gasteiger partial charge in [0.25, 0.3) is 0 Å². The van der Waals surface area contributed by atoms with Gasteiger partial charge in [0.2, 0.25) is 0 Å². The van der Waals surface area contributed by atoms with E-state index in [0.717, 1.165) is 0 Å². The number of rotatable bonds is 1. The van der Waals surface area contributed by atoms with Crippen molar-refractivity contribution in [3.05, 3.63) is 40.4 Å². The van der Waals surface area contributed by atoms with E-state index in [1.807, 2.05) is 0 Å². The third-order valence-corrected chi connectivity index (χ3v) is 1.94. The summed E-state index contributed by atoms with van der Waals surface area (Å²) >= 11 is 0. The summed E-state index contributed by atoms with van der Waals surface area (Å²) in [5.74, 6) is -0.445. The van der Waals surface area contributed by atoms with Crippen LogP contribution >= 0.6 is 0 Å². The number of carbonyl (C=O) groups excluding carboxylic acids is 1. The normalized spacial score (nSPS) is 10.4. The molecule has 2 heterocycles. The molecule has 5 heteroatoms. The van der Waals surface area contributed by atoms with E-state index in [1.54, 1.807) is 4.40 Å². The second-order valence-electron chi connectivity index (χ2n) is 2.78. The van der Waals surface area contributed by atoms with Gasteiger partial charge < -0.3 is 9.72 Å². The molecule has 0 aliphatic heterocycles. The van der Waals surface area contributed by atoms with Crippen LogP contribution in [-0.2, 0) is 4.74 Å². The molecule has 2 aromatic rings. The molecule has 0 amide bonds. The Balaban J connectivity index is 2.70. The molecule has 0 aliphatic carbocycles. The van der Waals surface area contributed by atoms with Crippen molar-refractivity contribution in [3.63, 3.8) is 0 Å². The molecule has 72 valence electrons. The van der Waals surface area contributed by atoms with Crippen LogP contribution in [0.5, 0.6) is 0 Å². The van der Waals surface area contributed by atoms with Gasteiger partial charge in [0, 0.05) is 24.5 Å². The van der Waals surface area contributed by atoms with Crippen molar-refractivity contribution in [1.29, 1.82) is 0 Å². The summed E-state index contributed by atoms with van der Waals surface area (Å²) in [6, 6.07) is 2.79. The molecule has 0 saturated carbocycles. The molecule has 14 heavy (non-hydrogen) atoms. The summed E-state index contributed by atoms with van der Waals surface area (Å²) < 4.78 is 6.14. The van der Waals surface area contributed by atoms with Gasteiger partial charge in [-0.2, -0.15) is 0 Å². The Kier molecular flexibility index (Phi) is 1.85. The predicted octanol–water partition coefficient (Wildman–Crippen LogP) is 0.414. The Bertz CT molecular complexity index is 538. The number of pyridine rings is 1. The molecule has 0 spiro atoms. The maximum Gasteiger partial charge on any atom is 0.356 e. The fraction of sp³-hybridized carbons (Fsp3) is 0.111. The average molecular weight is 192 g/mol. The lowest BCUT2D eigenvalue weighted by atomic mass is 10.4. The Morgan fingerprint density at radius 2 is 2.36 bits per heavy atom. The molecule has 1 N–H and O–H groups in total. The van der Waals surface area contributed by atoms with E-state index >= 15 is 0 Å². The van der Waals surface area contributed by atoms with Crippen LogP contribution in [0.25, 0.3) is 5.65 Å². The van der Waals surface area contributed by atoms with Gasteiger partial charge in [-0.25, -0.2) is 4.79 Å². The first kappa shape index (κ1) is 8.55. The molecule has 0 atom stereocenters. The number of hydrogen-bond donors (Lipinski definition) is 1. The zero-order valence-corrected chi connectivity index (χ0v) is 7.48. The van der Waals surface area contributed by atoms with E-state index in [2.05, 4.69) is 9.72 Å². The molecular formula is C9H8N2O3. The number of nitrogens with one attached hydrogen (secondary N) is 1. The minimum atomic E-state index is -0.445. The van der Waals surface area contributed by atoms with E-state index in [0.29, 0.717) is 11.3 Å². The number of nitrogens with zero attached hydrogens (tertiary/aromatic N) is 1. The third kappa shape index (κ3) is 1.19. The lowest BCUT2D eigenvalue weighted by molar-refractivity contribution is 0.0593. The Morgan fingerprint density at radius 1 is 1.57 bits per heavy atom. The quantitative estimate of drug-likeness (QED) is 0.666. The van der Waals surface area contributed by atoms with Crippen molar-refractivity contribution < 1.29 is 9.53 Å². The van der Waals surface area contributed by atoms with Gasteiger partial charge in [-0.15, -0.1) is 0 Å². The molecular weight excluding hydrogens is 184 g/mol. The first-order chi connectivity index (χ1) is 6.72. The topological polar surface area (TPSA) is 63.6 Å². The molecule has 2 rings (SSSR count). The van der Waals surface area contributed by atoms with Crippen LogP contribution in [0.1, 0.15) is 10.5 Å². The standard InChI is InChI=1S/C9H8N2O3/c1-14-9(13)7-5-10-8-4-6(12)2-3-11(7)8/h2-5,10H,1H3. The minimum Gasteiger partial charge on any atom is -0.464 e. The highest BCUT2D eigenvalue weighted by atomic mass is 16.5. The highest BCUT2D eigenvalue weighted by Crippen LogP contribution is 2.04. The van der Waals surface area contributed by atoms with Gasteiger partial charge >= 0.3 is 5.97 Å². The zero-order chi connectivity index (χ0) is 10.1. The second-order valence-corrected chi connectivity index (χ2v) is 2.78. The van der Waals surface area contributed by atoms with Crippen LogP contribution < -0.4 is 5.43 Å². The molecule has 0 bridgehead atoms. The summed E-state index contributed by atoms with van der Waals surface area (Å²) in [5.41, 5.74) is 0.823. The van der Waals surface area contributed by atoms with Crippen molar-refractivity contribution in [2.45, 2.75) is 0 Å². The van der Waals surface area contributed by atoms with Gasteiger partial charge in [-0.1, -0.05) is 0 Å². The van der Waals surface area contributed by atoms with Gasteiger partial charge in [-0.3, -0.25) is 9.20 Å². The second kappa shape index (κ2) is 3.02. The van der Waals surface area contributed by atoms with Gasteiger partial charge in [-0.05, 0) is 0 Å². The molecule has 0 radical (unpaired) electrons. The summed E-state index contributed by atoms with van der Waals surface area (Å²) in [7, 11) is 1.31. The van der Waals surface area contributed by atoms with E-state index in [9.17, 15) is 9.59 Å². The molecule has 0 unspecified atom stereocenters. The molecule has 0 aliphatic rings. The molecule has 5 nitrogen and oxygen atoms in total. The number of imidazole rings is 1. The van der Waals surface area contributed by atoms with Crippen molar-refractivity contribution >= 4 is 11.6 Å². The fourth-order valence-corrected chi connectivity index (χ4v) is 1.28. The molecule has 0 aromatic carbocycles. The first-order valence-electron chi connectivity index (χ1n) is 4.00. The third-order valence-electron chi connectivity index (χ3n) is 1.94. The predicted molar refractivity (Wildman–Crippen MR) is 49.4 cm³/mol. The van der Waals surface area contributed by atoms with Crippen molar-refractivity contribution in [2.24, 2.45) is 0 Å². The number of aromatic amines is 1. The summed E-state index contributed by atoms with van der Waals surface area (Å²) in [4.78, 5) is 25.0.